The van der Waals surface area contributed by atoms with Crippen LogP contribution < -0.4 is 15.5 Å². The maximum Gasteiger partial charge on any atom is 0.240 e. The molecule has 2 N–H and O–H groups in total. The van der Waals surface area contributed by atoms with Crippen LogP contribution in [0.2, 0.25) is 0 Å². The van der Waals surface area contributed by atoms with Crippen molar-refractivity contribution in [2.75, 3.05) is 11.9 Å². The average Bonchev–Trinajstić information content (AvgIpc) is 2.66. The topological polar surface area (TPSA) is 79.8 Å². The Morgan fingerprint density at radius 1 is 1.00 bits per heavy atom. The zero-order valence-electron chi connectivity index (χ0n) is 14.8. The summed E-state index contributed by atoms with van der Waals surface area (Å²) in [6.07, 6.45) is 2.44. The zero-order chi connectivity index (χ0) is 18.6. The molecule has 0 bridgehead atoms. The first-order valence-electron chi connectivity index (χ1n) is 8.54. The molecule has 6 nitrogen and oxygen atoms in total. The number of nitrogens with one attached hydrogen (secondary N) is 2. The van der Waals surface area contributed by atoms with E-state index >= 15 is 0 Å². The Kier molecular flexibility index (Phi) is 7.86. The van der Waals surface area contributed by atoms with Gasteiger partial charge in [-0.2, -0.15) is 5.10 Å². The second kappa shape index (κ2) is 10.7. The lowest BCUT2D eigenvalue weighted by atomic mass is 10.2. The van der Waals surface area contributed by atoms with Crippen LogP contribution in [0, 0.1) is 0 Å². The molecule has 136 valence electrons. The monoisotopic (exact) mass is 353 g/mol. The summed E-state index contributed by atoms with van der Waals surface area (Å²) in [6.45, 7) is 2.50. The third-order valence-corrected chi connectivity index (χ3v) is 3.48. The molecule has 0 spiro atoms. The average molecular weight is 353 g/mol. The molecule has 0 unspecified atom stereocenters. The standard InChI is InChI=1S/C20H23N3O3/c1-2-26-18-10-8-17(9-11-18)22-19(24)12-13-20(25)23-21-15-14-16-6-4-3-5-7-16/h3-11,15H,2,12-14H2,1H3,(H,22,24)(H,23,25)/b21-15+. The summed E-state index contributed by atoms with van der Waals surface area (Å²) >= 11 is 0. The van der Waals surface area contributed by atoms with E-state index in [9.17, 15) is 9.59 Å². The normalized spacial score (nSPS) is 10.5. The van der Waals surface area contributed by atoms with E-state index in [4.69, 9.17) is 4.74 Å². The molecule has 6 heteroatoms. The van der Waals surface area contributed by atoms with Crippen LogP contribution in [-0.2, 0) is 16.0 Å². The van der Waals surface area contributed by atoms with Crippen molar-refractivity contribution in [2.24, 2.45) is 5.10 Å². The molecule has 26 heavy (non-hydrogen) atoms. The van der Waals surface area contributed by atoms with Gasteiger partial charge >= 0.3 is 0 Å². The fraction of sp³-hybridized carbons (Fsp3) is 0.250. The lowest BCUT2D eigenvalue weighted by Gasteiger charge is -2.07. The Bertz CT molecular complexity index is 728. The number of ether oxygens (including phenoxy) is 1. The number of anilines is 1. The molecule has 2 aromatic rings. The molecule has 0 heterocycles. The third-order valence-electron chi connectivity index (χ3n) is 3.48. The highest BCUT2D eigenvalue weighted by Crippen LogP contribution is 2.15. The number of nitrogens with zero attached hydrogens (tertiary/aromatic N) is 1. The molecular weight excluding hydrogens is 330 g/mol. The number of hydrogen-bond donors (Lipinski definition) is 2. The molecule has 0 saturated heterocycles. The van der Waals surface area contributed by atoms with Crippen molar-refractivity contribution in [3.05, 3.63) is 60.2 Å². The molecule has 0 saturated carbocycles. The maximum absolute atomic E-state index is 11.9. The number of hydrogen-bond acceptors (Lipinski definition) is 4. The number of carbonyl (C=O) groups excluding carboxylic acids is 2. The Balaban J connectivity index is 1.65. The van der Waals surface area contributed by atoms with Gasteiger partial charge in [-0.3, -0.25) is 9.59 Å². The molecule has 0 aliphatic carbocycles. The second-order valence-electron chi connectivity index (χ2n) is 5.54. The number of amides is 2. The van der Waals surface area contributed by atoms with Gasteiger partial charge in [-0.1, -0.05) is 30.3 Å². The first kappa shape index (κ1) is 19.2. The van der Waals surface area contributed by atoms with Crippen LogP contribution in [0.25, 0.3) is 0 Å². The van der Waals surface area contributed by atoms with Crippen LogP contribution in [0.3, 0.4) is 0 Å². The Morgan fingerprint density at radius 2 is 1.69 bits per heavy atom. The van der Waals surface area contributed by atoms with E-state index in [2.05, 4.69) is 15.8 Å². The Labute approximate surface area is 153 Å². The van der Waals surface area contributed by atoms with Gasteiger partial charge in [-0.15, -0.1) is 0 Å². The molecule has 2 rings (SSSR count). The number of rotatable bonds is 9. The lowest BCUT2D eigenvalue weighted by Crippen LogP contribution is -2.20. The van der Waals surface area contributed by atoms with E-state index in [0.717, 1.165) is 11.3 Å². The van der Waals surface area contributed by atoms with Crippen LogP contribution in [0.15, 0.2) is 59.7 Å². The fourth-order valence-electron chi connectivity index (χ4n) is 2.19. The van der Waals surface area contributed by atoms with Crippen molar-refractivity contribution in [3.8, 4) is 5.75 Å². The lowest BCUT2D eigenvalue weighted by molar-refractivity contribution is -0.124. The van der Waals surface area contributed by atoms with Gasteiger partial charge in [-0.25, -0.2) is 5.43 Å². The van der Waals surface area contributed by atoms with Gasteiger partial charge in [-0.05, 0) is 36.8 Å². The van der Waals surface area contributed by atoms with E-state index in [1.807, 2.05) is 37.3 Å². The minimum atomic E-state index is -0.295. The van der Waals surface area contributed by atoms with Crippen LogP contribution in [0.4, 0.5) is 5.69 Å². The van der Waals surface area contributed by atoms with E-state index < -0.39 is 0 Å². The number of carbonyl (C=O) groups is 2. The highest BCUT2D eigenvalue weighted by Gasteiger charge is 2.07. The van der Waals surface area contributed by atoms with Crippen molar-refractivity contribution in [1.29, 1.82) is 0 Å². The first-order chi connectivity index (χ1) is 12.7. The van der Waals surface area contributed by atoms with Crippen molar-refractivity contribution in [2.45, 2.75) is 26.2 Å². The third kappa shape index (κ3) is 7.17. The number of hydrazone groups is 1. The van der Waals surface area contributed by atoms with Gasteiger partial charge < -0.3 is 10.1 Å². The Morgan fingerprint density at radius 3 is 2.38 bits per heavy atom. The van der Waals surface area contributed by atoms with Crippen LogP contribution in [0.5, 0.6) is 5.75 Å². The molecule has 2 amide bonds. The van der Waals surface area contributed by atoms with E-state index in [1.165, 1.54) is 0 Å². The predicted molar refractivity (Wildman–Crippen MR) is 102 cm³/mol. The molecule has 0 aromatic heterocycles. The Hall–Kier alpha value is -3.15. The molecule has 0 aliphatic heterocycles. The minimum Gasteiger partial charge on any atom is -0.494 e. The van der Waals surface area contributed by atoms with Gasteiger partial charge in [0.05, 0.1) is 6.61 Å². The van der Waals surface area contributed by atoms with Gasteiger partial charge in [0.25, 0.3) is 0 Å². The van der Waals surface area contributed by atoms with Crippen molar-refractivity contribution in [1.82, 2.24) is 5.43 Å². The molecular formula is C20H23N3O3. The summed E-state index contributed by atoms with van der Waals surface area (Å²) in [4.78, 5) is 23.6. The zero-order valence-corrected chi connectivity index (χ0v) is 14.8. The molecule has 2 aromatic carbocycles. The SMILES string of the molecule is CCOc1ccc(NC(=O)CCC(=O)N/N=C/Cc2ccccc2)cc1. The fourth-order valence-corrected chi connectivity index (χ4v) is 2.19. The minimum absolute atomic E-state index is 0.0749. The van der Waals surface area contributed by atoms with Gasteiger partial charge in [0.2, 0.25) is 11.8 Å². The highest BCUT2D eigenvalue weighted by molar-refractivity contribution is 5.93. The van der Waals surface area contributed by atoms with E-state index in [0.29, 0.717) is 18.7 Å². The van der Waals surface area contributed by atoms with Gasteiger partial charge in [0, 0.05) is 31.2 Å². The molecule has 0 radical (unpaired) electrons. The first-order valence-corrected chi connectivity index (χ1v) is 8.54. The van der Waals surface area contributed by atoms with Crippen molar-refractivity contribution in [3.63, 3.8) is 0 Å². The largest absolute Gasteiger partial charge is 0.494 e. The predicted octanol–water partition coefficient (Wildman–Crippen LogP) is 3.15. The van der Waals surface area contributed by atoms with Crippen LogP contribution in [0.1, 0.15) is 25.3 Å². The van der Waals surface area contributed by atoms with Gasteiger partial charge in [0.15, 0.2) is 0 Å². The smallest absolute Gasteiger partial charge is 0.240 e. The summed E-state index contributed by atoms with van der Waals surface area (Å²) in [5, 5.41) is 6.63. The molecule has 0 aliphatic rings. The van der Waals surface area contributed by atoms with E-state index in [-0.39, 0.29) is 24.7 Å². The van der Waals surface area contributed by atoms with Crippen molar-refractivity contribution >= 4 is 23.7 Å². The van der Waals surface area contributed by atoms with E-state index in [1.54, 1.807) is 30.5 Å². The molecule has 0 fully saturated rings. The second-order valence-corrected chi connectivity index (χ2v) is 5.54. The maximum atomic E-state index is 11.9. The van der Waals surface area contributed by atoms with Crippen molar-refractivity contribution < 1.29 is 14.3 Å². The highest BCUT2D eigenvalue weighted by atomic mass is 16.5. The van der Waals surface area contributed by atoms with Crippen LogP contribution in [-0.4, -0.2) is 24.6 Å². The summed E-state index contributed by atoms with van der Waals surface area (Å²) in [6, 6.07) is 16.9. The summed E-state index contributed by atoms with van der Waals surface area (Å²) in [5.74, 6) is 0.229. The summed E-state index contributed by atoms with van der Waals surface area (Å²) in [7, 11) is 0. The summed E-state index contributed by atoms with van der Waals surface area (Å²) in [5.41, 5.74) is 4.21. The van der Waals surface area contributed by atoms with Crippen LogP contribution >= 0.6 is 0 Å². The quantitative estimate of drug-likeness (QED) is 0.537. The summed E-state index contributed by atoms with van der Waals surface area (Å²) < 4.78 is 5.34. The molecule has 0 atom stereocenters. The van der Waals surface area contributed by atoms with Gasteiger partial charge in [0.1, 0.15) is 5.75 Å². The number of benzene rings is 2.